The highest BCUT2D eigenvalue weighted by Crippen LogP contribution is 2.21. The summed E-state index contributed by atoms with van der Waals surface area (Å²) in [6.45, 7) is 1.14. The van der Waals surface area contributed by atoms with E-state index in [9.17, 15) is 4.79 Å². The maximum Gasteiger partial charge on any atom is 0.325 e. The fourth-order valence-electron chi connectivity index (χ4n) is 1.55. The minimum atomic E-state index is -0.448. The van der Waals surface area contributed by atoms with Gasteiger partial charge < -0.3 is 4.90 Å². The van der Waals surface area contributed by atoms with Crippen LogP contribution in [0, 0.1) is 11.3 Å². The average molecular weight is 172 g/mol. The molecule has 3 heteroatoms. The van der Waals surface area contributed by atoms with Crippen molar-refractivity contribution in [2.45, 2.75) is 13.1 Å². The highest BCUT2D eigenvalue weighted by molar-refractivity contribution is 5.91. The number of hydrogen-bond acceptors (Lipinski definition) is 2. The van der Waals surface area contributed by atoms with E-state index in [2.05, 4.69) is 0 Å². The molecule has 1 aromatic carbocycles. The highest BCUT2D eigenvalue weighted by Gasteiger charge is 2.21. The Kier molecular flexibility index (Phi) is 1.75. The summed E-state index contributed by atoms with van der Waals surface area (Å²) in [6.07, 6.45) is 0. The SMILES string of the molecule is N#CC(=O)N1Cc2ccccc2C1. The molecular formula is C10H8N2O. The third kappa shape index (κ3) is 1.27. The number of fused-ring (bicyclic) bond motifs is 1. The van der Waals surface area contributed by atoms with Gasteiger partial charge in [-0.15, -0.1) is 0 Å². The molecule has 0 atom stereocenters. The number of rotatable bonds is 0. The zero-order valence-electron chi connectivity index (χ0n) is 7.03. The Hall–Kier alpha value is -1.82. The molecule has 1 aliphatic heterocycles. The largest absolute Gasteiger partial charge is 0.325 e. The number of benzene rings is 1. The molecule has 0 aliphatic carbocycles. The molecule has 1 aromatic rings. The van der Waals surface area contributed by atoms with Gasteiger partial charge in [-0.3, -0.25) is 4.79 Å². The molecule has 0 aromatic heterocycles. The van der Waals surface area contributed by atoms with Crippen LogP contribution in [-0.2, 0) is 17.9 Å². The smallest absolute Gasteiger partial charge is 0.321 e. The van der Waals surface area contributed by atoms with Gasteiger partial charge in [0.25, 0.3) is 0 Å². The van der Waals surface area contributed by atoms with Crippen molar-refractivity contribution < 1.29 is 4.79 Å². The first-order valence-corrected chi connectivity index (χ1v) is 4.07. The lowest BCUT2D eigenvalue weighted by Crippen LogP contribution is -2.23. The van der Waals surface area contributed by atoms with Crippen molar-refractivity contribution in [3.8, 4) is 6.07 Å². The Morgan fingerprint density at radius 3 is 2.31 bits per heavy atom. The summed E-state index contributed by atoms with van der Waals surface area (Å²) >= 11 is 0. The molecule has 1 aliphatic rings. The lowest BCUT2D eigenvalue weighted by Gasteiger charge is -2.08. The summed E-state index contributed by atoms with van der Waals surface area (Å²) in [4.78, 5) is 12.6. The first-order chi connectivity index (χ1) is 6.31. The van der Waals surface area contributed by atoms with E-state index in [0.717, 1.165) is 11.1 Å². The second-order valence-corrected chi connectivity index (χ2v) is 3.04. The van der Waals surface area contributed by atoms with Gasteiger partial charge in [-0.05, 0) is 11.1 Å². The zero-order valence-corrected chi connectivity index (χ0v) is 7.03. The molecule has 0 saturated heterocycles. The van der Waals surface area contributed by atoms with Crippen molar-refractivity contribution in [2.75, 3.05) is 0 Å². The summed E-state index contributed by atoms with van der Waals surface area (Å²) in [7, 11) is 0. The van der Waals surface area contributed by atoms with Crippen molar-refractivity contribution in [1.82, 2.24) is 4.90 Å². The Morgan fingerprint density at radius 1 is 1.31 bits per heavy atom. The lowest BCUT2D eigenvalue weighted by molar-refractivity contribution is -0.125. The van der Waals surface area contributed by atoms with E-state index in [0.29, 0.717) is 13.1 Å². The molecule has 3 nitrogen and oxygen atoms in total. The Bertz CT molecular complexity index is 367. The first-order valence-electron chi connectivity index (χ1n) is 4.07. The Morgan fingerprint density at radius 2 is 1.85 bits per heavy atom. The Balaban J connectivity index is 2.24. The van der Waals surface area contributed by atoms with E-state index in [1.807, 2.05) is 24.3 Å². The molecule has 13 heavy (non-hydrogen) atoms. The molecule has 0 unspecified atom stereocenters. The van der Waals surface area contributed by atoms with Crippen LogP contribution in [-0.4, -0.2) is 10.8 Å². The summed E-state index contributed by atoms with van der Waals surface area (Å²) in [5.74, 6) is -0.448. The molecule has 0 spiro atoms. The first kappa shape index (κ1) is 7.81. The minimum Gasteiger partial charge on any atom is -0.321 e. The van der Waals surface area contributed by atoms with Crippen molar-refractivity contribution in [2.24, 2.45) is 0 Å². The molecule has 0 fully saturated rings. The summed E-state index contributed by atoms with van der Waals surface area (Å²) < 4.78 is 0. The third-order valence-corrected chi connectivity index (χ3v) is 2.22. The van der Waals surface area contributed by atoms with Crippen LogP contribution in [0.1, 0.15) is 11.1 Å². The van der Waals surface area contributed by atoms with Crippen molar-refractivity contribution in [1.29, 1.82) is 5.26 Å². The molecule has 1 amide bonds. The predicted molar refractivity (Wildman–Crippen MR) is 46.3 cm³/mol. The number of nitrogens with zero attached hydrogens (tertiary/aromatic N) is 2. The normalized spacial score (nSPS) is 13.6. The summed E-state index contributed by atoms with van der Waals surface area (Å²) in [5.41, 5.74) is 2.29. The standard InChI is InChI=1S/C10H8N2O/c11-5-10(13)12-6-8-3-1-2-4-9(8)7-12/h1-4H,6-7H2. The maximum absolute atomic E-state index is 11.0. The van der Waals surface area contributed by atoms with E-state index < -0.39 is 5.91 Å². The van der Waals surface area contributed by atoms with Crippen LogP contribution in [0.3, 0.4) is 0 Å². The second-order valence-electron chi connectivity index (χ2n) is 3.04. The lowest BCUT2D eigenvalue weighted by atomic mass is 10.1. The molecular weight excluding hydrogens is 164 g/mol. The molecule has 0 saturated carbocycles. The van der Waals surface area contributed by atoms with Crippen LogP contribution in [0.5, 0.6) is 0 Å². The number of carbonyl (C=O) groups excluding carboxylic acids is 1. The van der Waals surface area contributed by atoms with E-state index in [1.54, 1.807) is 11.0 Å². The van der Waals surface area contributed by atoms with E-state index in [4.69, 9.17) is 5.26 Å². The third-order valence-electron chi connectivity index (χ3n) is 2.22. The van der Waals surface area contributed by atoms with Crippen LogP contribution in [0.2, 0.25) is 0 Å². The molecule has 1 heterocycles. The van der Waals surface area contributed by atoms with E-state index in [1.165, 1.54) is 0 Å². The van der Waals surface area contributed by atoms with E-state index in [-0.39, 0.29) is 0 Å². The van der Waals surface area contributed by atoms with Crippen LogP contribution >= 0.6 is 0 Å². The van der Waals surface area contributed by atoms with Gasteiger partial charge in [0.15, 0.2) is 6.07 Å². The van der Waals surface area contributed by atoms with Crippen LogP contribution in [0.15, 0.2) is 24.3 Å². The van der Waals surface area contributed by atoms with Gasteiger partial charge in [0.1, 0.15) is 0 Å². The van der Waals surface area contributed by atoms with Gasteiger partial charge >= 0.3 is 5.91 Å². The van der Waals surface area contributed by atoms with Crippen molar-refractivity contribution >= 4 is 5.91 Å². The van der Waals surface area contributed by atoms with Gasteiger partial charge in [0.2, 0.25) is 0 Å². The van der Waals surface area contributed by atoms with Crippen molar-refractivity contribution in [3.63, 3.8) is 0 Å². The van der Waals surface area contributed by atoms with Crippen molar-refractivity contribution in [3.05, 3.63) is 35.4 Å². The molecule has 0 bridgehead atoms. The fraction of sp³-hybridized carbons (Fsp3) is 0.200. The van der Waals surface area contributed by atoms with Gasteiger partial charge in [0.05, 0.1) is 0 Å². The highest BCUT2D eigenvalue weighted by atomic mass is 16.2. The number of hydrogen-bond donors (Lipinski definition) is 0. The molecule has 0 N–H and O–H groups in total. The topological polar surface area (TPSA) is 44.1 Å². The van der Waals surface area contributed by atoms with Gasteiger partial charge in [-0.1, -0.05) is 24.3 Å². The van der Waals surface area contributed by atoms with Gasteiger partial charge in [-0.25, -0.2) is 0 Å². The summed E-state index contributed by atoms with van der Waals surface area (Å²) in [5, 5.41) is 8.43. The van der Waals surface area contributed by atoms with Crippen LogP contribution < -0.4 is 0 Å². The molecule has 2 rings (SSSR count). The summed E-state index contributed by atoms with van der Waals surface area (Å²) in [6, 6.07) is 9.49. The quantitative estimate of drug-likeness (QED) is 0.549. The van der Waals surface area contributed by atoms with E-state index >= 15 is 0 Å². The fourth-order valence-corrected chi connectivity index (χ4v) is 1.55. The average Bonchev–Trinajstić information content (AvgIpc) is 2.59. The minimum absolute atomic E-state index is 0.448. The zero-order chi connectivity index (χ0) is 9.26. The maximum atomic E-state index is 11.0. The monoisotopic (exact) mass is 172 g/mol. The molecule has 0 radical (unpaired) electrons. The van der Waals surface area contributed by atoms with Gasteiger partial charge in [0, 0.05) is 13.1 Å². The molecule has 64 valence electrons. The number of nitriles is 1. The number of carbonyl (C=O) groups is 1. The Labute approximate surface area is 76.2 Å². The van der Waals surface area contributed by atoms with Crippen LogP contribution in [0.25, 0.3) is 0 Å². The van der Waals surface area contributed by atoms with Crippen LogP contribution in [0.4, 0.5) is 0 Å². The number of amides is 1. The van der Waals surface area contributed by atoms with Gasteiger partial charge in [-0.2, -0.15) is 5.26 Å². The predicted octanol–water partition coefficient (Wildman–Crippen LogP) is 1.05. The second kappa shape index (κ2) is 2.91.